The fraction of sp³-hybridized carbons (Fsp3) is 0.364. The summed E-state index contributed by atoms with van der Waals surface area (Å²) in [5.41, 5.74) is 2.55. The van der Waals surface area contributed by atoms with Crippen molar-refractivity contribution in [3.05, 3.63) is 29.3 Å². The van der Waals surface area contributed by atoms with Crippen LogP contribution in [0, 0.1) is 0 Å². The Morgan fingerprint density at radius 2 is 2.29 bits per heavy atom. The van der Waals surface area contributed by atoms with E-state index in [1.54, 1.807) is 11.3 Å². The predicted molar refractivity (Wildman–Crippen MR) is 61.9 cm³/mol. The number of thiophene rings is 1. The van der Waals surface area contributed by atoms with Crippen LogP contribution >= 0.6 is 11.3 Å². The molecule has 0 unspecified atom stereocenters. The maximum Gasteiger partial charge on any atom is 0.0842 e. The second kappa shape index (κ2) is 4.07. The lowest BCUT2D eigenvalue weighted by Crippen LogP contribution is -2.14. The Morgan fingerprint density at radius 3 is 3.07 bits per heavy atom. The van der Waals surface area contributed by atoms with Crippen LogP contribution in [0.1, 0.15) is 5.56 Å². The fourth-order valence-corrected chi connectivity index (χ4v) is 2.39. The Morgan fingerprint density at radius 1 is 1.43 bits per heavy atom. The van der Waals surface area contributed by atoms with Gasteiger partial charge in [-0.1, -0.05) is 0 Å². The zero-order valence-electron chi connectivity index (χ0n) is 8.53. The molecule has 0 atom stereocenters. The van der Waals surface area contributed by atoms with Gasteiger partial charge in [-0.15, -0.1) is 11.3 Å². The Bertz CT molecular complexity index is 420. The topological polar surface area (TPSA) is 16.1 Å². The Balaban J connectivity index is 2.25. The minimum absolute atomic E-state index is 1.09. The second-order valence-corrected chi connectivity index (χ2v) is 4.58. The molecule has 14 heavy (non-hydrogen) atoms. The zero-order chi connectivity index (χ0) is 9.97. The number of hydrogen-bond acceptors (Lipinski definition) is 3. The number of fused-ring (bicyclic) bond motifs is 1. The summed E-state index contributed by atoms with van der Waals surface area (Å²) in [6, 6.07) is 4.13. The van der Waals surface area contributed by atoms with Crippen LogP contribution in [-0.2, 0) is 6.42 Å². The van der Waals surface area contributed by atoms with E-state index >= 15 is 0 Å². The van der Waals surface area contributed by atoms with E-state index in [2.05, 4.69) is 35.4 Å². The third kappa shape index (κ3) is 1.94. The van der Waals surface area contributed by atoms with Crippen molar-refractivity contribution >= 4 is 21.6 Å². The molecule has 74 valence electrons. The fourth-order valence-electron chi connectivity index (χ4n) is 1.44. The van der Waals surface area contributed by atoms with Crippen LogP contribution in [0.25, 0.3) is 10.2 Å². The molecule has 0 saturated carbocycles. The van der Waals surface area contributed by atoms with Crippen molar-refractivity contribution < 1.29 is 0 Å². The molecule has 0 saturated heterocycles. The first kappa shape index (κ1) is 9.62. The van der Waals surface area contributed by atoms with Gasteiger partial charge in [0, 0.05) is 12.7 Å². The molecule has 0 amide bonds. The number of likely N-dealkylation sites (N-methyl/N-ethyl adjacent to an activating group) is 1. The number of pyridine rings is 1. The van der Waals surface area contributed by atoms with E-state index in [1.165, 1.54) is 15.8 Å². The van der Waals surface area contributed by atoms with E-state index in [0.29, 0.717) is 0 Å². The van der Waals surface area contributed by atoms with Crippen LogP contribution in [-0.4, -0.2) is 30.5 Å². The van der Waals surface area contributed by atoms with Crippen LogP contribution < -0.4 is 0 Å². The van der Waals surface area contributed by atoms with Crippen LogP contribution in [0.3, 0.4) is 0 Å². The molecule has 0 radical (unpaired) electrons. The largest absolute Gasteiger partial charge is 0.309 e. The summed E-state index contributed by atoms with van der Waals surface area (Å²) >= 11 is 1.78. The number of rotatable bonds is 3. The lowest BCUT2D eigenvalue weighted by molar-refractivity contribution is 0.414. The predicted octanol–water partition coefficient (Wildman–Crippen LogP) is 2.40. The lowest BCUT2D eigenvalue weighted by atomic mass is 10.2. The molecule has 3 heteroatoms. The van der Waals surface area contributed by atoms with Crippen LogP contribution in [0.15, 0.2) is 23.7 Å². The van der Waals surface area contributed by atoms with E-state index in [4.69, 9.17) is 0 Å². The van der Waals surface area contributed by atoms with Gasteiger partial charge in [-0.2, -0.15) is 0 Å². The third-order valence-corrected chi connectivity index (χ3v) is 3.22. The van der Waals surface area contributed by atoms with Crippen LogP contribution in [0.2, 0.25) is 0 Å². The summed E-state index contributed by atoms with van der Waals surface area (Å²) < 4.78 is 1.29. The van der Waals surface area contributed by atoms with Crippen LogP contribution in [0.5, 0.6) is 0 Å². The van der Waals surface area contributed by atoms with E-state index in [0.717, 1.165) is 13.0 Å². The van der Waals surface area contributed by atoms with Gasteiger partial charge in [0.1, 0.15) is 0 Å². The van der Waals surface area contributed by atoms with E-state index < -0.39 is 0 Å². The molecule has 0 bridgehead atoms. The van der Waals surface area contributed by atoms with Crippen molar-refractivity contribution in [1.82, 2.24) is 9.88 Å². The van der Waals surface area contributed by atoms with Gasteiger partial charge in [0.05, 0.1) is 10.2 Å². The Hall–Kier alpha value is -0.930. The number of hydrogen-bond donors (Lipinski definition) is 0. The summed E-state index contributed by atoms with van der Waals surface area (Å²) in [5.74, 6) is 0. The van der Waals surface area contributed by atoms with Crippen molar-refractivity contribution in [2.24, 2.45) is 0 Å². The quantitative estimate of drug-likeness (QED) is 0.766. The van der Waals surface area contributed by atoms with Gasteiger partial charge in [-0.25, -0.2) is 0 Å². The molecule has 0 spiro atoms. The summed E-state index contributed by atoms with van der Waals surface area (Å²) in [6.07, 6.45) is 2.96. The summed E-state index contributed by atoms with van der Waals surface area (Å²) in [7, 11) is 4.20. The zero-order valence-corrected chi connectivity index (χ0v) is 9.34. The highest BCUT2D eigenvalue weighted by molar-refractivity contribution is 7.17. The van der Waals surface area contributed by atoms with Gasteiger partial charge in [-0.3, -0.25) is 4.98 Å². The highest BCUT2D eigenvalue weighted by Gasteiger charge is 2.04. The van der Waals surface area contributed by atoms with Crippen molar-refractivity contribution in [2.75, 3.05) is 20.6 Å². The minimum Gasteiger partial charge on any atom is -0.309 e. The maximum atomic E-state index is 4.41. The van der Waals surface area contributed by atoms with Gasteiger partial charge in [0.15, 0.2) is 0 Å². The van der Waals surface area contributed by atoms with Crippen molar-refractivity contribution in [2.45, 2.75) is 6.42 Å². The maximum absolute atomic E-state index is 4.41. The monoisotopic (exact) mass is 206 g/mol. The average molecular weight is 206 g/mol. The summed E-state index contributed by atoms with van der Waals surface area (Å²) in [4.78, 5) is 6.61. The van der Waals surface area contributed by atoms with E-state index in [9.17, 15) is 0 Å². The molecule has 2 rings (SSSR count). The molecular weight excluding hydrogens is 192 g/mol. The molecule has 2 aromatic heterocycles. The van der Waals surface area contributed by atoms with Gasteiger partial charge in [0.2, 0.25) is 0 Å². The highest BCUT2D eigenvalue weighted by atomic mass is 32.1. The average Bonchev–Trinajstić information content (AvgIpc) is 2.58. The van der Waals surface area contributed by atoms with Gasteiger partial charge in [0.25, 0.3) is 0 Å². The molecule has 0 aromatic carbocycles. The van der Waals surface area contributed by atoms with Gasteiger partial charge in [-0.05, 0) is 43.6 Å². The van der Waals surface area contributed by atoms with Crippen molar-refractivity contribution in [3.63, 3.8) is 0 Å². The normalized spacial score (nSPS) is 11.4. The standard InChI is InChI=1S/C11H14N2S/c1-13(2)7-5-9-8-14-10-4-3-6-12-11(9)10/h3-4,6,8H,5,7H2,1-2H3. The lowest BCUT2D eigenvalue weighted by Gasteiger charge is -2.07. The first-order valence-electron chi connectivity index (χ1n) is 4.73. The minimum atomic E-state index is 1.09. The molecular formula is C11H14N2S. The van der Waals surface area contributed by atoms with E-state index in [1.807, 2.05) is 12.3 Å². The van der Waals surface area contributed by atoms with Gasteiger partial charge < -0.3 is 4.90 Å². The first-order valence-corrected chi connectivity index (χ1v) is 5.61. The molecule has 2 heterocycles. The Labute approximate surface area is 88.2 Å². The van der Waals surface area contributed by atoms with Crippen molar-refractivity contribution in [1.29, 1.82) is 0 Å². The summed E-state index contributed by atoms with van der Waals surface area (Å²) in [5, 5.41) is 2.22. The highest BCUT2D eigenvalue weighted by Crippen LogP contribution is 2.23. The summed E-state index contributed by atoms with van der Waals surface area (Å²) in [6.45, 7) is 1.09. The number of aromatic nitrogens is 1. The molecule has 0 aliphatic carbocycles. The van der Waals surface area contributed by atoms with E-state index in [-0.39, 0.29) is 0 Å². The number of nitrogens with zero attached hydrogens (tertiary/aromatic N) is 2. The molecule has 0 N–H and O–H groups in total. The third-order valence-electron chi connectivity index (χ3n) is 2.23. The Kier molecular flexibility index (Phi) is 2.79. The molecule has 2 aromatic rings. The molecule has 2 nitrogen and oxygen atoms in total. The first-order chi connectivity index (χ1) is 6.77. The molecule has 0 aliphatic heterocycles. The van der Waals surface area contributed by atoms with Crippen molar-refractivity contribution in [3.8, 4) is 0 Å². The second-order valence-electron chi connectivity index (χ2n) is 3.66. The van der Waals surface area contributed by atoms with Crippen LogP contribution in [0.4, 0.5) is 0 Å². The SMILES string of the molecule is CN(C)CCc1csc2cccnc12. The van der Waals surface area contributed by atoms with Gasteiger partial charge >= 0.3 is 0 Å². The smallest absolute Gasteiger partial charge is 0.0842 e. The molecule has 0 aliphatic rings. The molecule has 0 fully saturated rings.